The summed E-state index contributed by atoms with van der Waals surface area (Å²) in [7, 11) is 0. The molecule has 0 aliphatic carbocycles. The summed E-state index contributed by atoms with van der Waals surface area (Å²) in [5.74, 6) is 0.928. The molecule has 0 fully saturated rings. The monoisotopic (exact) mass is 350 g/mol. The van der Waals surface area contributed by atoms with E-state index >= 15 is 0 Å². The number of nitrogens with one attached hydrogen (secondary N) is 1. The van der Waals surface area contributed by atoms with E-state index in [0.717, 1.165) is 22.5 Å². The normalized spacial score (nSPS) is 13.2. The van der Waals surface area contributed by atoms with Crippen LogP contribution in [-0.4, -0.2) is 9.55 Å². The molecule has 25 heavy (non-hydrogen) atoms. The number of fused-ring (bicyclic) bond motifs is 2. The van der Waals surface area contributed by atoms with Crippen molar-refractivity contribution < 1.29 is 0 Å². The van der Waals surface area contributed by atoms with E-state index in [1.54, 1.807) is 0 Å². The Morgan fingerprint density at radius 1 is 1.08 bits per heavy atom. The quantitative estimate of drug-likeness (QED) is 0.422. The largest absolute Gasteiger partial charge is 0.360 e. The lowest BCUT2D eigenvalue weighted by Crippen LogP contribution is -2.05. The van der Waals surface area contributed by atoms with Gasteiger partial charge in [-0.1, -0.05) is 50.6 Å². The molecule has 0 radical (unpaired) electrons. The van der Waals surface area contributed by atoms with E-state index in [1.807, 2.05) is 6.20 Å². The Hall–Kier alpha value is -2.19. The molecule has 0 aliphatic rings. The van der Waals surface area contributed by atoms with Crippen molar-refractivity contribution in [3.05, 3.63) is 71.0 Å². The van der Waals surface area contributed by atoms with Crippen molar-refractivity contribution in [1.82, 2.24) is 9.55 Å². The fourth-order valence-electron chi connectivity index (χ4n) is 3.71. The minimum Gasteiger partial charge on any atom is -0.360 e. The van der Waals surface area contributed by atoms with Crippen LogP contribution in [0.3, 0.4) is 0 Å². The zero-order valence-corrected chi connectivity index (χ0v) is 15.6. The lowest BCUT2D eigenvalue weighted by molar-refractivity contribution is 0.617. The number of rotatable bonds is 4. The molecule has 1 N–H and O–H groups in total. The third-order valence-electron chi connectivity index (χ3n) is 5.15. The van der Waals surface area contributed by atoms with Crippen molar-refractivity contribution in [2.45, 2.75) is 39.2 Å². The lowest BCUT2D eigenvalue weighted by Gasteiger charge is -2.16. The molecule has 0 spiro atoms. The van der Waals surface area contributed by atoms with Crippen LogP contribution in [0.5, 0.6) is 0 Å². The van der Waals surface area contributed by atoms with Crippen LogP contribution >= 0.6 is 11.6 Å². The summed E-state index contributed by atoms with van der Waals surface area (Å²) in [4.78, 5) is 3.25. The third-order valence-corrected chi connectivity index (χ3v) is 5.45. The highest BCUT2D eigenvalue weighted by molar-refractivity contribution is 6.35. The molecule has 4 aromatic rings. The molecule has 2 aromatic heterocycles. The molecule has 4 rings (SSSR count). The maximum Gasteiger partial charge on any atom is 0.0662 e. The van der Waals surface area contributed by atoms with Crippen LogP contribution in [0.25, 0.3) is 21.8 Å². The van der Waals surface area contributed by atoms with Crippen molar-refractivity contribution in [3.63, 3.8) is 0 Å². The number of aromatic nitrogens is 2. The topological polar surface area (TPSA) is 20.7 Å². The van der Waals surface area contributed by atoms with Crippen LogP contribution in [0.4, 0.5) is 0 Å². The summed E-state index contributed by atoms with van der Waals surface area (Å²) in [6.45, 7) is 7.68. The summed E-state index contributed by atoms with van der Waals surface area (Å²) in [6.07, 6.45) is 4.07. The molecule has 3 heteroatoms. The Balaban J connectivity index is 1.69. The zero-order chi connectivity index (χ0) is 17.6. The second-order valence-corrected chi connectivity index (χ2v) is 7.66. The number of H-pyrrole nitrogens is 1. The maximum absolute atomic E-state index is 6.41. The Bertz CT molecular complexity index is 1040. The number of benzene rings is 2. The van der Waals surface area contributed by atoms with Crippen LogP contribution in [0.1, 0.15) is 43.7 Å². The number of nitrogens with zero attached hydrogens (tertiary/aromatic N) is 1. The Morgan fingerprint density at radius 3 is 2.72 bits per heavy atom. The van der Waals surface area contributed by atoms with Crippen LogP contribution in [0.15, 0.2) is 54.9 Å². The second-order valence-electron chi connectivity index (χ2n) is 7.25. The highest BCUT2D eigenvalue weighted by Crippen LogP contribution is 2.33. The summed E-state index contributed by atoms with van der Waals surface area (Å²) >= 11 is 6.41. The first-order valence-corrected chi connectivity index (χ1v) is 9.26. The van der Waals surface area contributed by atoms with Crippen LogP contribution in [0, 0.1) is 0 Å². The third kappa shape index (κ3) is 2.85. The number of hydrogen-bond donors (Lipinski definition) is 1. The second kappa shape index (κ2) is 6.27. The molecule has 0 bridgehead atoms. The predicted molar refractivity (Wildman–Crippen MR) is 108 cm³/mol. The molecule has 0 saturated heterocycles. The van der Waals surface area contributed by atoms with Gasteiger partial charge in [0, 0.05) is 35.4 Å². The Kier molecular flexibility index (Phi) is 4.09. The van der Waals surface area contributed by atoms with Gasteiger partial charge in [0.05, 0.1) is 5.02 Å². The molecule has 2 aromatic carbocycles. The first kappa shape index (κ1) is 16.3. The number of aromatic amines is 1. The summed E-state index contributed by atoms with van der Waals surface area (Å²) < 4.78 is 2.35. The fourth-order valence-corrected chi connectivity index (χ4v) is 3.98. The summed E-state index contributed by atoms with van der Waals surface area (Å²) in [5, 5.41) is 3.27. The number of halogens is 1. The van der Waals surface area contributed by atoms with Crippen molar-refractivity contribution in [2.75, 3.05) is 0 Å². The van der Waals surface area contributed by atoms with Crippen LogP contribution in [-0.2, 0) is 6.54 Å². The van der Waals surface area contributed by atoms with E-state index in [0.29, 0.717) is 11.8 Å². The van der Waals surface area contributed by atoms with Crippen molar-refractivity contribution >= 4 is 33.4 Å². The minimum absolute atomic E-state index is 0.373. The van der Waals surface area contributed by atoms with Gasteiger partial charge in [-0.3, -0.25) is 0 Å². The Labute approximate surface area is 153 Å². The van der Waals surface area contributed by atoms with Gasteiger partial charge in [-0.25, -0.2) is 0 Å². The van der Waals surface area contributed by atoms with Gasteiger partial charge < -0.3 is 9.55 Å². The molecule has 128 valence electrons. The highest BCUT2D eigenvalue weighted by Gasteiger charge is 2.14. The molecule has 0 amide bonds. The first-order chi connectivity index (χ1) is 12.0. The zero-order valence-electron chi connectivity index (χ0n) is 14.9. The fraction of sp³-hybridized carbons (Fsp3) is 0.273. The summed E-state index contributed by atoms with van der Waals surface area (Å²) in [6, 6.07) is 15.4. The molecule has 2 heterocycles. The molecule has 1 atom stereocenters. The van der Waals surface area contributed by atoms with Crippen molar-refractivity contribution in [3.8, 4) is 0 Å². The Morgan fingerprint density at radius 2 is 1.92 bits per heavy atom. The van der Waals surface area contributed by atoms with Gasteiger partial charge in [0.15, 0.2) is 0 Å². The van der Waals surface area contributed by atoms with E-state index in [2.05, 4.69) is 79.0 Å². The van der Waals surface area contributed by atoms with Crippen LogP contribution in [0.2, 0.25) is 5.02 Å². The van der Waals surface area contributed by atoms with Gasteiger partial charge in [0.25, 0.3) is 0 Å². The van der Waals surface area contributed by atoms with E-state index in [-0.39, 0.29) is 0 Å². The van der Waals surface area contributed by atoms with Gasteiger partial charge in [-0.2, -0.15) is 0 Å². The molecule has 1 unspecified atom stereocenters. The first-order valence-electron chi connectivity index (χ1n) is 8.89. The van der Waals surface area contributed by atoms with E-state index < -0.39 is 0 Å². The molecule has 0 saturated carbocycles. The minimum atomic E-state index is 0.373. The smallest absolute Gasteiger partial charge is 0.0662 e. The van der Waals surface area contributed by atoms with Gasteiger partial charge in [0.1, 0.15) is 0 Å². The van der Waals surface area contributed by atoms with Crippen LogP contribution < -0.4 is 0 Å². The predicted octanol–water partition coefficient (Wildman–Crippen LogP) is 6.70. The van der Waals surface area contributed by atoms with E-state index in [4.69, 9.17) is 11.6 Å². The average Bonchev–Trinajstić information content (AvgIpc) is 3.18. The van der Waals surface area contributed by atoms with Gasteiger partial charge in [-0.05, 0) is 52.6 Å². The SMILES string of the molecule is CC(C)c1ccc2c(ccn2CC(C)c2cccc3[nH]cc(Cl)c23)c1. The van der Waals surface area contributed by atoms with Gasteiger partial charge in [0.2, 0.25) is 0 Å². The van der Waals surface area contributed by atoms with E-state index in [1.165, 1.54) is 22.0 Å². The van der Waals surface area contributed by atoms with Crippen molar-refractivity contribution in [2.24, 2.45) is 0 Å². The summed E-state index contributed by atoms with van der Waals surface area (Å²) in [5.41, 5.74) is 5.09. The molecular weight excluding hydrogens is 328 g/mol. The molecular formula is C22H23ClN2. The van der Waals surface area contributed by atoms with Gasteiger partial charge in [-0.15, -0.1) is 0 Å². The highest BCUT2D eigenvalue weighted by atomic mass is 35.5. The molecule has 0 aliphatic heterocycles. The standard InChI is InChI=1S/C22H23ClN2/c1-14(2)16-7-8-21-17(11-16)9-10-25(21)13-15(3)18-5-4-6-20-22(18)19(23)12-24-20/h4-12,14-15,24H,13H2,1-3H3. The molecule has 2 nitrogen and oxygen atoms in total. The average molecular weight is 351 g/mol. The van der Waals surface area contributed by atoms with Gasteiger partial charge >= 0.3 is 0 Å². The lowest BCUT2D eigenvalue weighted by atomic mass is 9.97. The maximum atomic E-state index is 6.41. The number of hydrogen-bond acceptors (Lipinski definition) is 0. The van der Waals surface area contributed by atoms with E-state index in [9.17, 15) is 0 Å². The van der Waals surface area contributed by atoms with Crippen molar-refractivity contribution in [1.29, 1.82) is 0 Å².